The van der Waals surface area contributed by atoms with Crippen LogP contribution in [0.3, 0.4) is 0 Å². The number of amides is 1. The molecule has 15 heavy (non-hydrogen) atoms. The molecule has 1 amide bonds. The van der Waals surface area contributed by atoms with Crippen molar-refractivity contribution < 1.29 is 14.3 Å². The summed E-state index contributed by atoms with van der Waals surface area (Å²) in [6.45, 7) is 2.75. The van der Waals surface area contributed by atoms with Crippen LogP contribution in [0.25, 0.3) is 0 Å². The minimum Gasteiger partial charge on any atom is -0.354 e. The van der Waals surface area contributed by atoms with Crippen LogP contribution in [0.5, 0.6) is 0 Å². The minimum absolute atomic E-state index is 0.109. The molecular weight excluding hydrogens is 196 g/mol. The fraction of sp³-hybridized carbons (Fsp3) is 0.900. The molecule has 0 aliphatic carbocycles. The normalized spacial score (nSPS) is 23.2. The summed E-state index contributed by atoms with van der Waals surface area (Å²) < 4.78 is 10.3. The summed E-state index contributed by atoms with van der Waals surface area (Å²) in [7, 11) is 3.23. The van der Waals surface area contributed by atoms with Gasteiger partial charge >= 0.3 is 0 Å². The number of methoxy groups -OCH3 is 2. The monoisotopic (exact) mass is 216 g/mol. The summed E-state index contributed by atoms with van der Waals surface area (Å²) in [5.74, 6) is 0.143. The maximum Gasteiger partial charge on any atom is 0.220 e. The van der Waals surface area contributed by atoms with Crippen LogP contribution < -0.4 is 10.6 Å². The van der Waals surface area contributed by atoms with Crippen molar-refractivity contribution in [2.24, 2.45) is 0 Å². The first kappa shape index (κ1) is 12.4. The molecule has 0 spiro atoms. The second kappa shape index (κ2) is 6.05. The third-order valence-corrected chi connectivity index (χ3v) is 2.64. The Labute approximate surface area is 90.5 Å². The Morgan fingerprint density at radius 2 is 2.20 bits per heavy atom. The highest BCUT2D eigenvalue weighted by atomic mass is 16.7. The molecule has 1 rings (SSSR count). The van der Waals surface area contributed by atoms with Gasteiger partial charge in [-0.1, -0.05) is 0 Å². The number of hydrogen-bond donors (Lipinski definition) is 2. The summed E-state index contributed by atoms with van der Waals surface area (Å²) in [4.78, 5) is 11.0. The van der Waals surface area contributed by atoms with Gasteiger partial charge in [0.25, 0.3) is 0 Å². The van der Waals surface area contributed by atoms with E-state index in [1.54, 1.807) is 14.2 Å². The van der Waals surface area contributed by atoms with Gasteiger partial charge in [0.05, 0.1) is 6.04 Å². The lowest BCUT2D eigenvalue weighted by Crippen LogP contribution is -2.45. The van der Waals surface area contributed by atoms with Crippen LogP contribution in [0.1, 0.15) is 19.8 Å². The molecule has 1 aliphatic heterocycles. The van der Waals surface area contributed by atoms with Crippen molar-refractivity contribution in [3.05, 3.63) is 0 Å². The summed E-state index contributed by atoms with van der Waals surface area (Å²) in [6.07, 6.45) is 1.30. The first-order valence-electron chi connectivity index (χ1n) is 5.25. The Hall–Kier alpha value is -0.650. The maximum absolute atomic E-state index is 11.0. The van der Waals surface area contributed by atoms with Crippen molar-refractivity contribution in [2.75, 3.05) is 20.8 Å². The van der Waals surface area contributed by atoms with E-state index in [4.69, 9.17) is 9.47 Å². The van der Waals surface area contributed by atoms with Crippen LogP contribution in [0.2, 0.25) is 0 Å². The Kier molecular flexibility index (Phi) is 5.01. The number of carbonyl (C=O) groups is 1. The van der Waals surface area contributed by atoms with Crippen molar-refractivity contribution in [1.82, 2.24) is 10.6 Å². The molecule has 1 saturated heterocycles. The molecule has 1 fully saturated rings. The summed E-state index contributed by atoms with van der Waals surface area (Å²) in [5.41, 5.74) is 0. The molecule has 2 N–H and O–H groups in total. The lowest BCUT2D eigenvalue weighted by molar-refractivity contribution is -0.120. The molecule has 88 valence electrons. The zero-order chi connectivity index (χ0) is 11.3. The Morgan fingerprint density at radius 3 is 2.67 bits per heavy atom. The standard InChI is InChI=1S/C10H20N2O3/c1-7(10(14-2)15-3)11-6-8-4-5-9(13)12-8/h7-8,10-11H,4-6H2,1-3H3,(H,12,13). The van der Waals surface area contributed by atoms with Crippen LogP contribution in [0, 0.1) is 0 Å². The van der Waals surface area contributed by atoms with Gasteiger partial charge in [-0.15, -0.1) is 0 Å². The van der Waals surface area contributed by atoms with E-state index >= 15 is 0 Å². The van der Waals surface area contributed by atoms with Gasteiger partial charge in [0, 0.05) is 33.2 Å². The topological polar surface area (TPSA) is 59.6 Å². The Bertz CT molecular complexity index is 207. The van der Waals surface area contributed by atoms with E-state index in [0.717, 1.165) is 13.0 Å². The number of ether oxygens (including phenoxy) is 2. The highest BCUT2D eigenvalue weighted by Gasteiger charge is 2.22. The first-order valence-corrected chi connectivity index (χ1v) is 5.25. The van der Waals surface area contributed by atoms with Crippen LogP contribution in [0.4, 0.5) is 0 Å². The molecule has 1 aliphatic rings. The number of hydrogen-bond acceptors (Lipinski definition) is 4. The summed E-state index contributed by atoms with van der Waals surface area (Å²) >= 11 is 0. The zero-order valence-corrected chi connectivity index (χ0v) is 9.58. The highest BCUT2D eigenvalue weighted by molar-refractivity contribution is 5.78. The third-order valence-electron chi connectivity index (χ3n) is 2.64. The van der Waals surface area contributed by atoms with E-state index < -0.39 is 0 Å². The van der Waals surface area contributed by atoms with Crippen LogP contribution in [0.15, 0.2) is 0 Å². The van der Waals surface area contributed by atoms with Crippen molar-refractivity contribution in [2.45, 2.75) is 38.1 Å². The predicted octanol–water partition coefficient (Wildman–Crippen LogP) is -0.138. The molecule has 0 bridgehead atoms. The summed E-state index contributed by atoms with van der Waals surface area (Å²) in [6, 6.07) is 0.354. The molecule has 0 aromatic heterocycles. The first-order chi connectivity index (χ1) is 7.17. The van der Waals surface area contributed by atoms with Crippen molar-refractivity contribution in [1.29, 1.82) is 0 Å². The second-order valence-corrected chi connectivity index (χ2v) is 3.84. The molecule has 0 aromatic carbocycles. The predicted molar refractivity (Wildman–Crippen MR) is 56.4 cm³/mol. The lowest BCUT2D eigenvalue weighted by atomic mass is 10.2. The van der Waals surface area contributed by atoms with E-state index in [2.05, 4.69) is 10.6 Å². The molecule has 0 aromatic rings. The van der Waals surface area contributed by atoms with Crippen LogP contribution >= 0.6 is 0 Å². The lowest BCUT2D eigenvalue weighted by Gasteiger charge is -2.23. The molecule has 2 unspecified atom stereocenters. The Balaban J connectivity index is 2.21. The quantitative estimate of drug-likeness (QED) is 0.607. The molecule has 0 radical (unpaired) electrons. The largest absolute Gasteiger partial charge is 0.354 e. The van der Waals surface area contributed by atoms with Gasteiger partial charge in [0.15, 0.2) is 6.29 Å². The third kappa shape index (κ3) is 3.77. The van der Waals surface area contributed by atoms with Crippen molar-refractivity contribution in [3.63, 3.8) is 0 Å². The van der Waals surface area contributed by atoms with Crippen molar-refractivity contribution >= 4 is 5.91 Å². The summed E-state index contributed by atoms with van der Waals surface area (Å²) in [5, 5.41) is 6.18. The van der Waals surface area contributed by atoms with Gasteiger partial charge in [-0.2, -0.15) is 0 Å². The smallest absolute Gasteiger partial charge is 0.220 e. The number of carbonyl (C=O) groups excluding carboxylic acids is 1. The highest BCUT2D eigenvalue weighted by Crippen LogP contribution is 2.06. The average Bonchev–Trinajstić information content (AvgIpc) is 2.63. The van der Waals surface area contributed by atoms with E-state index in [-0.39, 0.29) is 24.3 Å². The molecule has 1 heterocycles. The second-order valence-electron chi connectivity index (χ2n) is 3.84. The molecule has 0 saturated carbocycles. The van der Waals surface area contributed by atoms with Crippen LogP contribution in [-0.2, 0) is 14.3 Å². The van der Waals surface area contributed by atoms with Gasteiger partial charge in [0.1, 0.15) is 0 Å². The SMILES string of the molecule is COC(OC)C(C)NCC1CCC(=O)N1. The zero-order valence-electron chi connectivity index (χ0n) is 9.58. The number of rotatable bonds is 6. The van der Waals surface area contributed by atoms with E-state index in [0.29, 0.717) is 6.42 Å². The van der Waals surface area contributed by atoms with Gasteiger partial charge in [0.2, 0.25) is 5.91 Å². The van der Waals surface area contributed by atoms with Gasteiger partial charge < -0.3 is 20.1 Å². The molecular formula is C10H20N2O3. The van der Waals surface area contributed by atoms with E-state index in [1.165, 1.54) is 0 Å². The fourth-order valence-electron chi connectivity index (χ4n) is 1.76. The number of nitrogens with one attached hydrogen (secondary N) is 2. The Morgan fingerprint density at radius 1 is 1.53 bits per heavy atom. The van der Waals surface area contributed by atoms with Crippen molar-refractivity contribution in [3.8, 4) is 0 Å². The maximum atomic E-state index is 11.0. The molecule has 5 nitrogen and oxygen atoms in total. The fourth-order valence-corrected chi connectivity index (χ4v) is 1.76. The minimum atomic E-state index is -0.248. The molecule has 5 heteroatoms. The average molecular weight is 216 g/mol. The van der Waals surface area contributed by atoms with E-state index in [9.17, 15) is 4.79 Å². The van der Waals surface area contributed by atoms with Gasteiger partial charge in [-0.25, -0.2) is 0 Å². The van der Waals surface area contributed by atoms with Gasteiger partial charge in [-0.05, 0) is 13.3 Å². The molecule has 2 atom stereocenters. The van der Waals surface area contributed by atoms with Gasteiger partial charge in [-0.3, -0.25) is 4.79 Å². The van der Waals surface area contributed by atoms with E-state index in [1.807, 2.05) is 6.92 Å². The van der Waals surface area contributed by atoms with Crippen LogP contribution in [-0.4, -0.2) is 45.0 Å².